The van der Waals surface area contributed by atoms with Crippen molar-refractivity contribution in [3.8, 4) is 5.75 Å². The largest absolute Gasteiger partial charge is 0.508 e. The zero-order valence-corrected chi connectivity index (χ0v) is 15.4. The number of hydrogen-bond acceptors (Lipinski definition) is 3. The molecule has 0 saturated carbocycles. The van der Waals surface area contributed by atoms with E-state index in [9.17, 15) is 5.11 Å². The summed E-state index contributed by atoms with van der Waals surface area (Å²) >= 11 is 3.56. The van der Waals surface area contributed by atoms with Crippen LogP contribution in [0.5, 0.6) is 5.75 Å². The Morgan fingerprint density at radius 3 is 2.58 bits per heavy atom. The van der Waals surface area contributed by atoms with Gasteiger partial charge in [-0.3, -0.25) is 4.98 Å². The van der Waals surface area contributed by atoms with E-state index in [1.165, 1.54) is 27.8 Å². The van der Waals surface area contributed by atoms with Gasteiger partial charge in [0, 0.05) is 16.2 Å². The van der Waals surface area contributed by atoms with E-state index in [2.05, 4.69) is 34.2 Å². The highest BCUT2D eigenvalue weighted by Gasteiger charge is 2.25. The number of halogens is 1. The number of phenolic OH excluding ortho intramolecular Hbond substituents is 1. The number of hydrogen-bond donors (Lipinski definition) is 2. The molecule has 1 aliphatic heterocycles. The van der Waals surface area contributed by atoms with Crippen LogP contribution in [0.15, 0.2) is 34.4 Å². The Hall–Kier alpha value is -1.65. The fraction of sp³-hybridized carbons (Fsp3) is 0.350. The first-order valence-electron chi connectivity index (χ1n) is 8.54. The van der Waals surface area contributed by atoms with Crippen molar-refractivity contribution in [3.63, 3.8) is 0 Å². The number of aromatic hydroxyl groups is 1. The Balaban J connectivity index is 2.02. The summed E-state index contributed by atoms with van der Waals surface area (Å²) in [6.07, 6.45) is 5.91. The van der Waals surface area contributed by atoms with E-state index in [4.69, 9.17) is 4.98 Å². The van der Waals surface area contributed by atoms with Crippen LogP contribution in [-0.4, -0.2) is 23.2 Å². The van der Waals surface area contributed by atoms with Crippen LogP contribution in [0.25, 0.3) is 5.57 Å². The van der Waals surface area contributed by atoms with Gasteiger partial charge >= 0.3 is 0 Å². The average molecular weight is 385 g/mol. The fourth-order valence-corrected chi connectivity index (χ4v) is 4.38. The first kappa shape index (κ1) is 15.9. The van der Waals surface area contributed by atoms with Gasteiger partial charge in [0.1, 0.15) is 5.75 Å². The van der Waals surface area contributed by atoms with Gasteiger partial charge < -0.3 is 10.4 Å². The van der Waals surface area contributed by atoms with E-state index < -0.39 is 0 Å². The molecule has 124 valence electrons. The Morgan fingerprint density at radius 2 is 1.79 bits per heavy atom. The van der Waals surface area contributed by atoms with Crippen molar-refractivity contribution < 1.29 is 5.11 Å². The summed E-state index contributed by atoms with van der Waals surface area (Å²) in [6, 6.07) is 6.01. The second kappa shape index (κ2) is 6.34. The van der Waals surface area contributed by atoms with Crippen LogP contribution in [-0.2, 0) is 12.8 Å². The van der Waals surface area contributed by atoms with Gasteiger partial charge in [0.05, 0.1) is 5.69 Å². The number of aromatic nitrogens is 1. The van der Waals surface area contributed by atoms with E-state index in [1.807, 2.05) is 18.3 Å². The van der Waals surface area contributed by atoms with E-state index >= 15 is 0 Å². The van der Waals surface area contributed by atoms with Crippen LogP contribution in [0, 0.1) is 6.92 Å². The van der Waals surface area contributed by atoms with Crippen LogP contribution < -0.4 is 5.32 Å². The normalized spacial score (nSPS) is 17.2. The lowest BCUT2D eigenvalue weighted by molar-refractivity contribution is 0.474. The molecule has 0 radical (unpaired) electrons. The molecule has 3 nitrogen and oxygen atoms in total. The van der Waals surface area contributed by atoms with Gasteiger partial charge in [-0.2, -0.15) is 0 Å². The van der Waals surface area contributed by atoms with E-state index in [-0.39, 0.29) is 0 Å². The zero-order chi connectivity index (χ0) is 16.7. The van der Waals surface area contributed by atoms with E-state index in [0.29, 0.717) is 5.75 Å². The number of fused-ring (bicyclic) bond motifs is 2. The Bertz CT molecular complexity index is 834. The summed E-state index contributed by atoms with van der Waals surface area (Å²) in [5, 5.41) is 13.5. The van der Waals surface area contributed by atoms with Gasteiger partial charge in [-0.15, -0.1) is 0 Å². The van der Waals surface area contributed by atoms with Gasteiger partial charge in [-0.1, -0.05) is 5.57 Å². The molecule has 0 unspecified atom stereocenters. The molecule has 1 aromatic carbocycles. The predicted molar refractivity (Wildman–Crippen MR) is 100 cm³/mol. The number of phenols is 1. The molecule has 1 aromatic heterocycles. The molecule has 0 amide bonds. The molecule has 24 heavy (non-hydrogen) atoms. The number of aryl methyl sites for hydroxylation is 3. The number of piperidine rings is 1. The third-order valence-electron chi connectivity index (χ3n) is 5.05. The lowest BCUT2D eigenvalue weighted by Crippen LogP contribution is -2.24. The van der Waals surface area contributed by atoms with Crippen LogP contribution >= 0.6 is 15.9 Å². The maximum Gasteiger partial charge on any atom is 0.116 e. The third kappa shape index (κ3) is 2.78. The lowest BCUT2D eigenvalue weighted by atomic mass is 9.86. The highest BCUT2D eigenvalue weighted by atomic mass is 79.9. The van der Waals surface area contributed by atoms with Crippen molar-refractivity contribution in [2.24, 2.45) is 0 Å². The summed E-state index contributed by atoms with van der Waals surface area (Å²) in [5.41, 5.74) is 8.89. The van der Waals surface area contributed by atoms with Crippen molar-refractivity contribution in [2.75, 3.05) is 13.1 Å². The van der Waals surface area contributed by atoms with E-state index in [0.717, 1.165) is 54.5 Å². The van der Waals surface area contributed by atoms with Gasteiger partial charge in [0.2, 0.25) is 0 Å². The molecule has 0 bridgehead atoms. The molecule has 0 spiro atoms. The van der Waals surface area contributed by atoms with E-state index in [1.54, 1.807) is 0 Å². The Morgan fingerprint density at radius 1 is 1.04 bits per heavy atom. The highest BCUT2D eigenvalue weighted by Crippen LogP contribution is 2.40. The summed E-state index contributed by atoms with van der Waals surface area (Å²) in [5.74, 6) is 0.362. The second-order valence-electron chi connectivity index (χ2n) is 6.69. The van der Waals surface area contributed by atoms with Crippen molar-refractivity contribution in [2.45, 2.75) is 32.6 Å². The van der Waals surface area contributed by atoms with Crippen LogP contribution in [0.2, 0.25) is 0 Å². The van der Waals surface area contributed by atoms with Crippen molar-refractivity contribution in [1.29, 1.82) is 0 Å². The first-order chi connectivity index (χ1) is 11.6. The minimum Gasteiger partial charge on any atom is -0.508 e. The maximum atomic E-state index is 10.1. The van der Waals surface area contributed by atoms with Crippen molar-refractivity contribution in [1.82, 2.24) is 10.3 Å². The number of rotatable bonds is 0. The Labute approximate surface area is 151 Å². The standard InChI is InChI=1S/C20H21BrN2O/c1-12-8-17(24)10-14-2-3-15-9-16(21)11-23-20(15)19(18(12)14)13-4-6-22-7-5-13/h8-11,22,24H,2-7H2,1H3. The monoisotopic (exact) mass is 384 g/mol. The number of pyridine rings is 1. The van der Waals surface area contributed by atoms with Crippen LogP contribution in [0.1, 0.15) is 40.8 Å². The van der Waals surface area contributed by atoms with Crippen molar-refractivity contribution >= 4 is 21.5 Å². The summed E-state index contributed by atoms with van der Waals surface area (Å²) in [4.78, 5) is 4.81. The summed E-state index contributed by atoms with van der Waals surface area (Å²) in [6.45, 7) is 4.15. The number of benzene rings is 1. The maximum absolute atomic E-state index is 10.1. The zero-order valence-electron chi connectivity index (χ0n) is 13.8. The van der Waals surface area contributed by atoms with Gasteiger partial charge in [-0.05, 0) is 102 Å². The average Bonchev–Trinajstić information content (AvgIpc) is 2.72. The molecule has 2 aliphatic rings. The Kier molecular flexibility index (Phi) is 4.19. The number of nitrogens with one attached hydrogen (secondary N) is 1. The molecule has 2 aromatic rings. The molecule has 2 heterocycles. The minimum absolute atomic E-state index is 0.362. The highest BCUT2D eigenvalue weighted by molar-refractivity contribution is 9.10. The number of nitrogens with zero attached hydrogens (tertiary/aromatic N) is 1. The summed E-state index contributed by atoms with van der Waals surface area (Å²) in [7, 11) is 0. The summed E-state index contributed by atoms with van der Waals surface area (Å²) < 4.78 is 1.03. The molecule has 1 aliphatic carbocycles. The molecule has 2 N–H and O–H groups in total. The van der Waals surface area contributed by atoms with Crippen LogP contribution in [0.3, 0.4) is 0 Å². The molecule has 4 heteroatoms. The molecule has 1 fully saturated rings. The second-order valence-corrected chi connectivity index (χ2v) is 7.60. The molecular weight excluding hydrogens is 364 g/mol. The molecular formula is C20H21BrN2O. The SMILES string of the molecule is Cc1cc(O)cc2c1C(=C1CCNCC1)c1ncc(Br)cc1CC2. The topological polar surface area (TPSA) is 45.1 Å². The molecule has 1 saturated heterocycles. The van der Waals surface area contributed by atoms with Crippen LogP contribution in [0.4, 0.5) is 0 Å². The fourth-order valence-electron chi connectivity index (χ4n) is 4.00. The van der Waals surface area contributed by atoms with Gasteiger partial charge in [0.15, 0.2) is 0 Å². The predicted octanol–water partition coefficient (Wildman–Crippen LogP) is 4.14. The quantitative estimate of drug-likeness (QED) is 0.717. The molecule has 4 rings (SSSR count). The smallest absolute Gasteiger partial charge is 0.116 e. The first-order valence-corrected chi connectivity index (χ1v) is 9.33. The molecule has 0 atom stereocenters. The minimum atomic E-state index is 0.362. The van der Waals surface area contributed by atoms with Gasteiger partial charge in [0.25, 0.3) is 0 Å². The van der Waals surface area contributed by atoms with Crippen molar-refractivity contribution in [3.05, 3.63) is 62.4 Å². The third-order valence-corrected chi connectivity index (χ3v) is 5.48. The lowest BCUT2D eigenvalue weighted by Gasteiger charge is -2.23. The van der Waals surface area contributed by atoms with Gasteiger partial charge in [-0.25, -0.2) is 0 Å².